The predicted octanol–water partition coefficient (Wildman–Crippen LogP) is 5.52. The molecule has 5 heteroatoms. The Bertz CT molecular complexity index is 1140. The number of hydrogen-bond donors (Lipinski definition) is 0. The number of amides is 2. The van der Waals surface area contributed by atoms with Crippen LogP contribution < -0.4 is 4.90 Å². The highest BCUT2D eigenvalue weighted by atomic mass is 32.2. The first-order valence-corrected chi connectivity index (χ1v) is 9.96. The van der Waals surface area contributed by atoms with E-state index in [0.717, 1.165) is 16.0 Å². The number of carbonyl (C=O) groups is 2. The third-order valence-electron chi connectivity index (χ3n) is 4.73. The van der Waals surface area contributed by atoms with E-state index in [4.69, 9.17) is 0 Å². The fourth-order valence-electron chi connectivity index (χ4n) is 3.36. The van der Waals surface area contributed by atoms with Gasteiger partial charge in [0.2, 0.25) is 0 Å². The number of halogens is 1. The lowest BCUT2D eigenvalue weighted by atomic mass is 10.1. The molecule has 1 aliphatic rings. The third-order valence-corrected chi connectivity index (χ3v) is 5.82. The van der Waals surface area contributed by atoms with Crippen molar-refractivity contribution in [2.45, 2.75) is 18.7 Å². The van der Waals surface area contributed by atoms with Crippen molar-refractivity contribution in [3.05, 3.63) is 100 Å². The molecule has 0 aromatic heterocycles. The van der Waals surface area contributed by atoms with Crippen molar-refractivity contribution in [2.24, 2.45) is 0 Å². The van der Waals surface area contributed by atoms with Crippen LogP contribution >= 0.6 is 11.8 Å². The number of hydrogen-bond acceptors (Lipinski definition) is 3. The fraction of sp³-hybridized carbons (Fsp3) is 0.0833. The van der Waals surface area contributed by atoms with Crippen molar-refractivity contribution in [3.8, 4) is 0 Å². The summed E-state index contributed by atoms with van der Waals surface area (Å²) in [7, 11) is 0. The molecule has 0 radical (unpaired) electrons. The lowest BCUT2D eigenvalue weighted by Crippen LogP contribution is -2.31. The normalized spacial score (nSPS) is 14.1. The van der Waals surface area contributed by atoms with Crippen LogP contribution in [-0.4, -0.2) is 11.8 Å². The zero-order chi connectivity index (χ0) is 20.5. The SMILES string of the molecule is Cc1ccc(N2C(=O)C(Sc3ccccc3)=C(c3ccc(F)cc3)C2=O)c(C)c1. The molecule has 0 aliphatic carbocycles. The second kappa shape index (κ2) is 7.68. The van der Waals surface area contributed by atoms with Crippen LogP contribution in [0, 0.1) is 19.7 Å². The minimum absolute atomic E-state index is 0.295. The van der Waals surface area contributed by atoms with E-state index in [1.807, 2.05) is 56.3 Å². The first-order chi connectivity index (χ1) is 14.0. The van der Waals surface area contributed by atoms with Crippen LogP contribution in [0.5, 0.6) is 0 Å². The van der Waals surface area contributed by atoms with E-state index in [-0.39, 0.29) is 5.91 Å². The standard InChI is InChI=1S/C24H18FNO2S/c1-15-8-13-20(16(2)14-15)26-23(27)21(17-9-11-18(25)12-10-17)22(24(26)28)29-19-6-4-3-5-7-19/h3-14H,1-2H3. The lowest BCUT2D eigenvalue weighted by Gasteiger charge is -2.18. The average molecular weight is 403 g/mol. The molecule has 4 rings (SSSR count). The maximum absolute atomic E-state index is 13.4. The van der Waals surface area contributed by atoms with Crippen LogP contribution in [0.25, 0.3) is 5.57 Å². The van der Waals surface area contributed by atoms with Crippen molar-refractivity contribution in [3.63, 3.8) is 0 Å². The Kier molecular flexibility index (Phi) is 5.07. The van der Waals surface area contributed by atoms with Crippen molar-refractivity contribution in [1.29, 1.82) is 0 Å². The van der Waals surface area contributed by atoms with Gasteiger partial charge in [0.15, 0.2) is 0 Å². The molecular formula is C24H18FNO2S. The van der Waals surface area contributed by atoms with E-state index in [1.165, 1.54) is 40.9 Å². The summed E-state index contributed by atoms with van der Waals surface area (Å²) in [5.41, 5.74) is 3.28. The highest BCUT2D eigenvalue weighted by Crippen LogP contribution is 2.42. The molecule has 3 aromatic carbocycles. The number of carbonyl (C=O) groups excluding carboxylic acids is 2. The Labute approximate surface area is 172 Å². The van der Waals surface area contributed by atoms with E-state index >= 15 is 0 Å². The number of anilines is 1. The number of benzene rings is 3. The smallest absolute Gasteiger partial charge is 0.268 e. The van der Waals surface area contributed by atoms with Crippen molar-refractivity contribution < 1.29 is 14.0 Å². The van der Waals surface area contributed by atoms with Gasteiger partial charge in [-0.3, -0.25) is 9.59 Å². The van der Waals surface area contributed by atoms with Crippen molar-refractivity contribution in [1.82, 2.24) is 0 Å². The maximum Gasteiger partial charge on any atom is 0.272 e. The van der Waals surface area contributed by atoms with Crippen LogP contribution in [-0.2, 0) is 9.59 Å². The Morgan fingerprint density at radius 2 is 1.52 bits per heavy atom. The van der Waals surface area contributed by atoms with Crippen LogP contribution in [0.15, 0.2) is 82.6 Å². The van der Waals surface area contributed by atoms with Gasteiger partial charge in [0.25, 0.3) is 11.8 Å². The summed E-state index contributed by atoms with van der Waals surface area (Å²) in [6.07, 6.45) is 0. The Balaban J connectivity index is 1.84. The summed E-state index contributed by atoms with van der Waals surface area (Å²) < 4.78 is 13.4. The van der Waals surface area contributed by atoms with Gasteiger partial charge in [-0.25, -0.2) is 9.29 Å². The molecule has 0 saturated carbocycles. The van der Waals surface area contributed by atoms with Crippen LogP contribution in [0.4, 0.5) is 10.1 Å². The summed E-state index contributed by atoms with van der Waals surface area (Å²) in [6.45, 7) is 3.84. The quantitative estimate of drug-likeness (QED) is 0.538. The zero-order valence-electron chi connectivity index (χ0n) is 16.0. The van der Waals surface area contributed by atoms with Gasteiger partial charge in [0.1, 0.15) is 5.82 Å². The average Bonchev–Trinajstić information content (AvgIpc) is 2.94. The van der Waals surface area contributed by atoms with E-state index in [1.54, 1.807) is 6.07 Å². The van der Waals surface area contributed by atoms with E-state index in [0.29, 0.717) is 21.7 Å². The second-order valence-corrected chi connectivity index (χ2v) is 7.95. The molecule has 1 aliphatic heterocycles. The molecule has 3 nitrogen and oxygen atoms in total. The molecule has 2 amide bonds. The molecule has 0 N–H and O–H groups in total. The predicted molar refractivity (Wildman–Crippen MR) is 114 cm³/mol. The largest absolute Gasteiger partial charge is 0.272 e. The highest BCUT2D eigenvalue weighted by Gasteiger charge is 2.41. The number of thioether (sulfide) groups is 1. The van der Waals surface area contributed by atoms with Crippen molar-refractivity contribution >= 4 is 34.8 Å². The minimum Gasteiger partial charge on any atom is -0.268 e. The van der Waals surface area contributed by atoms with E-state index in [2.05, 4.69) is 0 Å². The highest BCUT2D eigenvalue weighted by molar-refractivity contribution is 8.04. The first kappa shape index (κ1) is 19.2. The molecule has 0 unspecified atom stereocenters. The zero-order valence-corrected chi connectivity index (χ0v) is 16.8. The Morgan fingerprint density at radius 1 is 0.828 bits per heavy atom. The van der Waals surface area contributed by atoms with E-state index < -0.39 is 11.7 Å². The maximum atomic E-state index is 13.4. The lowest BCUT2D eigenvalue weighted by molar-refractivity contribution is -0.119. The van der Waals surface area contributed by atoms with Gasteiger partial charge in [-0.1, -0.05) is 59.8 Å². The summed E-state index contributed by atoms with van der Waals surface area (Å²) in [5, 5.41) is 0. The van der Waals surface area contributed by atoms with Gasteiger partial charge in [-0.15, -0.1) is 0 Å². The monoisotopic (exact) mass is 403 g/mol. The van der Waals surface area contributed by atoms with Gasteiger partial charge >= 0.3 is 0 Å². The second-order valence-electron chi connectivity index (χ2n) is 6.86. The van der Waals surface area contributed by atoms with Gasteiger partial charge in [0, 0.05) is 4.90 Å². The molecular weight excluding hydrogens is 385 g/mol. The van der Waals surface area contributed by atoms with Gasteiger partial charge in [0.05, 0.1) is 16.2 Å². The topological polar surface area (TPSA) is 37.4 Å². The molecule has 0 spiro atoms. The fourth-order valence-corrected chi connectivity index (χ4v) is 4.37. The van der Waals surface area contributed by atoms with Gasteiger partial charge in [-0.2, -0.15) is 0 Å². The van der Waals surface area contributed by atoms with Crippen LogP contribution in [0.1, 0.15) is 16.7 Å². The molecule has 3 aromatic rings. The first-order valence-electron chi connectivity index (χ1n) is 9.15. The third kappa shape index (κ3) is 3.61. The summed E-state index contributed by atoms with van der Waals surface area (Å²) in [6, 6.07) is 20.7. The molecule has 0 fully saturated rings. The summed E-state index contributed by atoms with van der Waals surface area (Å²) in [4.78, 5) is 29.2. The summed E-state index contributed by atoms with van der Waals surface area (Å²) >= 11 is 1.25. The molecule has 144 valence electrons. The van der Waals surface area contributed by atoms with Gasteiger partial charge < -0.3 is 0 Å². The number of rotatable bonds is 4. The molecule has 29 heavy (non-hydrogen) atoms. The molecule has 0 bridgehead atoms. The van der Waals surface area contributed by atoms with E-state index in [9.17, 15) is 14.0 Å². The minimum atomic E-state index is -0.396. The van der Waals surface area contributed by atoms with Crippen LogP contribution in [0.2, 0.25) is 0 Å². The Hall–Kier alpha value is -3.18. The Morgan fingerprint density at radius 3 is 2.17 bits per heavy atom. The van der Waals surface area contributed by atoms with Crippen LogP contribution in [0.3, 0.4) is 0 Å². The number of aryl methyl sites for hydroxylation is 2. The van der Waals surface area contributed by atoms with Crippen molar-refractivity contribution in [2.75, 3.05) is 4.90 Å². The molecule has 1 heterocycles. The number of imide groups is 1. The van der Waals surface area contributed by atoms with Gasteiger partial charge in [-0.05, 0) is 55.3 Å². The summed E-state index contributed by atoms with van der Waals surface area (Å²) in [5.74, 6) is -1.16. The molecule has 0 atom stereocenters. The molecule has 0 saturated heterocycles. The number of nitrogens with zero attached hydrogens (tertiary/aromatic N) is 1.